The second kappa shape index (κ2) is 3.94. The highest BCUT2D eigenvalue weighted by molar-refractivity contribution is 9.10. The first-order valence-corrected chi connectivity index (χ1v) is 5.67. The molecule has 0 saturated heterocycles. The summed E-state index contributed by atoms with van der Waals surface area (Å²) >= 11 is 3.47. The van der Waals surface area contributed by atoms with Gasteiger partial charge < -0.3 is 10.2 Å². The molecule has 1 atom stereocenters. The minimum Gasteiger partial charge on any atom is -0.441 e. The summed E-state index contributed by atoms with van der Waals surface area (Å²) in [7, 11) is 0. The van der Waals surface area contributed by atoms with E-state index in [0.717, 1.165) is 21.1 Å². The van der Waals surface area contributed by atoms with Crippen LogP contribution in [0, 0.1) is 6.92 Å². The van der Waals surface area contributed by atoms with Gasteiger partial charge in [0.1, 0.15) is 5.52 Å². The second-order valence-corrected chi connectivity index (χ2v) is 4.63. The van der Waals surface area contributed by atoms with Crippen molar-refractivity contribution in [3.05, 3.63) is 28.1 Å². The predicted octanol–water partition coefficient (Wildman–Crippen LogP) is 2.96. The van der Waals surface area contributed by atoms with Gasteiger partial charge in [0.2, 0.25) is 0 Å². The summed E-state index contributed by atoms with van der Waals surface area (Å²) < 4.78 is 6.60. The number of hydrogen-bond acceptors (Lipinski definition) is 3. The lowest BCUT2D eigenvalue weighted by atomic mass is 10.0. The average Bonchev–Trinajstić information content (AvgIpc) is 2.55. The lowest BCUT2D eigenvalue weighted by molar-refractivity contribution is 0.554. The van der Waals surface area contributed by atoms with Crippen molar-refractivity contribution in [3.8, 4) is 0 Å². The monoisotopic (exact) mass is 268 g/mol. The largest absolute Gasteiger partial charge is 0.441 e. The molecule has 2 rings (SSSR count). The van der Waals surface area contributed by atoms with E-state index in [9.17, 15) is 0 Å². The summed E-state index contributed by atoms with van der Waals surface area (Å²) in [5, 5.41) is 0. The summed E-state index contributed by atoms with van der Waals surface area (Å²) in [6.45, 7) is 4.54. The molecule has 0 saturated carbocycles. The molecule has 0 aliphatic rings. The van der Waals surface area contributed by atoms with Gasteiger partial charge in [0.25, 0.3) is 0 Å². The highest BCUT2D eigenvalue weighted by Crippen LogP contribution is 2.29. The summed E-state index contributed by atoms with van der Waals surface area (Å²) in [5.41, 5.74) is 8.53. The van der Waals surface area contributed by atoms with Crippen LogP contribution in [-0.4, -0.2) is 11.5 Å². The molecule has 1 aromatic heterocycles. The molecule has 15 heavy (non-hydrogen) atoms. The third-order valence-corrected chi connectivity index (χ3v) is 2.93. The zero-order chi connectivity index (χ0) is 11.0. The highest BCUT2D eigenvalue weighted by atomic mass is 79.9. The highest BCUT2D eigenvalue weighted by Gasteiger charge is 2.13. The number of oxazole rings is 1. The van der Waals surface area contributed by atoms with Gasteiger partial charge in [-0.15, -0.1) is 0 Å². The van der Waals surface area contributed by atoms with Crippen molar-refractivity contribution >= 4 is 27.0 Å². The van der Waals surface area contributed by atoms with Crippen molar-refractivity contribution in [2.75, 3.05) is 6.54 Å². The fourth-order valence-electron chi connectivity index (χ4n) is 1.63. The van der Waals surface area contributed by atoms with Crippen LogP contribution in [0.15, 0.2) is 21.0 Å². The molecule has 0 aliphatic carbocycles. The quantitative estimate of drug-likeness (QED) is 0.911. The molecule has 0 bridgehead atoms. The molecule has 4 heteroatoms. The van der Waals surface area contributed by atoms with E-state index >= 15 is 0 Å². The number of aryl methyl sites for hydroxylation is 1. The fraction of sp³-hybridized carbons (Fsp3) is 0.364. The van der Waals surface area contributed by atoms with Gasteiger partial charge in [-0.3, -0.25) is 0 Å². The summed E-state index contributed by atoms with van der Waals surface area (Å²) in [4.78, 5) is 4.31. The normalized spacial score (nSPS) is 13.3. The van der Waals surface area contributed by atoms with Crippen LogP contribution in [0.1, 0.15) is 24.3 Å². The van der Waals surface area contributed by atoms with Crippen LogP contribution in [-0.2, 0) is 0 Å². The van der Waals surface area contributed by atoms with Gasteiger partial charge >= 0.3 is 0 Å². The van der Waals surface area contributed by atoms with E-state index in [0.29, 0.717) is 12.4 Å². The molecular formula is C11H13BrN2O. The Morgan fingerprint density at radius 2 is 2.27 bits per heavy atom. The van der Waals surface area contributed by atoms with Gasteiger partial charge in [-0.05, 0) is 24.6 Å². The Morgan fingerprint density at radius 1 is 1.53 bits per heavy atom. The van der Waals surface area contributed by atoms with Crippen LogP contribution < -0.4 is 5.73 Å². The Kier molecular flexibility index (Phi) is 2.80. The Bertz CT molecular complexity index is 493. The molecule has 1 aromatic carbocycles. The van der Waals surface area contributed by atoms with Crippen molar-refractivity contribution in [1.82, 2.24) is 4.98 Å². The molecular weight excluding hydrogens is 256 g/mol. The van der Waals surface area contributed by atoms with Crippen LogP contribution in [0.2, 0.25) is 0 Å². The van der Waals surface area contributed by atoms with Gasteiger partial charge in [-0.2, -0.15) is 0 Å². The molecule has 0 aliphatic heterocycles. The van der Waals surface area contributed by atoms with E-state index in [1.165, 1.54) is 0 Å². The summed E-state index contributed by atoms with van der Waals surface area (Å²) in [6.07, 6.45) is 0. The molecule has 1 unspecified atom stereocenters. The first-order valence-electron chi connectivity index (χ1n) is 4.88. The molecule has 0 amide bonds. The lowest BCUT2D eigenvalue weighted by Crippen LogP contribution is -2.09. The SMILES string of the molecule is Cc1nc2cc(Br)cc(C(C)CN)c2o1. The topological polar surface area (TPSA) is 52.0 Å². The number of aromatic nitrogens is 1. The minimum atomic E-state index is 0.275. The van der Waals surface area contributed by atoms with Gasteiger partial charge in [0, 0.05) is 17.0 Å². The zero-order valence-corrected chi connectivity index (χ0v) is 10.3. The lowest BCUT2D eigenvalue weighted by Gasteiger charge is -2.09. The van der Waals surface area contributed by atoms with Crippen molar-refractivity contribution < 1.29 is 4.42 Å². The molecule has 0 spiro atoms. The number of fused-ring (bicyclic) bond motifs is 1. The molecule has 2 aromatic rings. The molecule has 1 heterocycles. The molecule has 80 valence electrons. The minimum absolute atomic E-state index is 0.275. The Morgan fingerprint density at radius 3 is 2.93 bits per heavy atom. The van der Waals surface area contributed by atoms with E-state index in [-0.39, 0.29) is 5.92 Å². The Hall–Kier alpha value is -0.870. The second-order valence-electron chi connectivity index (χ2n) is 3.71. The average molecular weight is 269 g/mol. The Labute approximate surface area is 96.8 Å². The van der Waals surface area contributed by atoms with E-state index in [4.69, 9.17) is 10.2 Å². The molecule has 3 nitrogen and oxygen atoms in total. The van der Waals surface area contributed by atoms with Crippen molar-refractivity contribution in [2.24, 2.45) is 5.73 Å². The van der Waals surface area contributed by atoms with Gasteiger partial charge in [-0.25, -0.2) is 4.98 Å². The van der Waals surface area contributed by atoms with Crippen molar-refractivity contribution in [1.29, 1.82) is 0 Å². The van der Waals surface area contributed by atoms with Gasteiger partial charge in [0.15, 0.2) is 11.5 Å². The van der Waals surface area contributed by atoms with Crippen LogP contribution in [0.25, 0.3) is 11.1 Å². The maximum absolute atomic E-state index is 5.67. The number of nitrogens with zero attached hydrogens (tertiary/aromatic N) is 1. The van der Waals surface area contributed by atoms with E-state index < -0.39 is 0 Å². The van der Waals surface area contributed by atoms with Crippen molar-refractivity contribution in [3.63, 3.8) is 0 Å². The summed E-state index contributed by atoms with van der Waals surface area (Å²) in [5.74, 6) is 0.964. The first-order chi connectivity index (χ1) is 7.11. The number of hydrogen-bond donors (Lipinski definition) is 1. The van der Waals surface area contributed by atoms with E-state index in [1.807, 2.05) is 19.1 Å². The summed E-state index contributed by atoms with van der Waals surface area (Å²) in [6, 6.07) is 4.00. The molecule has 0 radical (unpaired) electrons. The molecule has 0 fully saturated rings. The number of halogens is 1. The van der Waals surface area contributed by atoms with Crippen LogP contribution in [0.5, 0.6) is 0 Å². The first kappa shape index (κ1) is 10.6. The van der Waals surface area contributed by atoms with E-state index in [1.54, 1.807) is 0 Å². The van der Waals surface area contributed by atoms with Crippen LogP contribution in [0.3, 0.4) is 0 Å². The predicted molar refractivity (Wildman–Crippen MR) is 63.9 cm³/mol. The zero-order valence-electron chi connectivity index (χ0n) is 8.75. The number of benzene rings is 1. The van der Waals surface area contributed by atoms with Crippen LogP contribution >= 0.6 is 15.9 Å². The van der Waals surface area contributed by atoms with Gasteiger partial charge in [-0.1, -0.05) is 22.9 Å². The smallest absolute Gasteiger partial charge is 0.192 e. The van der Waals surface area contributed by atoms with Crippen LogP contribution in [0.4, 0.5) is 0 Å². The standard InChI is InChI=1S/C11H13BrN2O/c1-6(5-13)9-3-8(12)4-10-11(9)15-7(2)14-10/h3-4,6H,5,13H2,1-2H3. The third kappa shape index (κ3) is 1.92. The molecule has 2 N–H and O–H groups in total. The number of rotatable bonds is 2. The maximum atomic E-state index is 5.67. The fourth-order valence-corrected chi connectivity index (χ4v) is 2.09. The van der Waals surface area contributed by atoms with E-state index in [2.05, 4.69) is 27.8 Å². The third-order valence-electron chi connectivity index (χ3n) is 2.47. The Balaban J connectivity index is 2.70. The maximum Gasteiger partial charge on any atom is 0.192 e. The number of nitrogens with two attached hydrogens (primary N) is 1. The van der Waals surface area contributed by atoms with Gasteiger partial charge in [0.05, 0.1) is 0 Å². The van der Waals surface area contributed by atoms with Crippen molar-refractivity contribution in [2.45, 2.75) is 19.8 Å².